The zero-order chi connectivity index (χ0) is 17.1. The SMILES string of the molecule is NS(=O)(=O)c1ccc2c(c1)C1C=CCC1C(c1scc(Br)c1Br)N2. The van der Waals surface area contributed by atoms with Crippen molar-refractivity contribution in [1.29, 1.82) is 0 Å². The maximum Gasteiger partial charge on any atom is 0.238 e. The van der Waals surface area contributed by atoms with E-state index in [1.54, 1.807) is 23.5 Å². The fraction of sp³-hybridized carbons (Fsp3) is 0.250. The molecule has 3 unspecified atom stereocenters. The second-order valence-electron chi connectivity index (χ2n) is 6.03. The smallest absolute Gasteiger partial charge is 0.238 e. The summed E-state index contributed by atoms with van der Waals surface area (Å²) in [7, 11) is -3.70. The van der Waals surface area contributed by atoms with Gasteiger partial charge in [-0.3, -0.25) is 0 Å². The summed E-state index contributed by atoms with van der Waals surface area (Å²) in [5, 5.41) is 11.0. The highest BCUT2D eigenvalue weighted by Crippen LogP contribution is 2.53. The van der Waals surface area contributed by atoms with E-state index in [9.17, 15) is 8.42 Å². The normalized spacial score (nSPS) is 25.2. The monoisotopic (exact) mass is 488 g/mol. The molecule has 3 N–H and O–H groups in total. The first kappa shape index (κ1) is 16.8. The van der Waals surface area contributed by atoms with E-state index >= 15 is 0 Å². The van der Waals surface area contributed by atoms with Crippen molar-refractivity contribution in [3.05, 3.63) is 55.1 Å². The molecule has 0 saturated carbocycles. The fourth-order valence-electron chi connectivity index (χ4n) is 3.56. The van der Waals surface area contributed by atoms with Crippen LogP contribution in [-0.2, 0) is 10.0 Å². The van der Waals surface area contributed by atoms with E-state index in [1.807, 2.05) is 6.07 Å². The predicted molar refractivity (Wildman–Crippen MR) is 104 cm³/mol. The molecule has 0 saturated heterocycles. The molecular formula is C16H14Br2N2O2S2. The van der Waals surface area contributed by atoms with Crippen LogP contribution in [0.1, 0.15) is 28.8 Å². The minimum Gasteiger partial charge on any atom is -0.377 e. The molecule has 1 aromatic heterocycles. The fourth-order valence-corrected chi connectivity index (χ4v) is 6.46. The van der Waals surface area contributed by atoms with Gasteiger partial charge in [-0.1, -0.05) is 12.2 Å². The molecule has 24 heavy (non-hydrogen) atoms. The first-order valence-electron chi connectivity index (χ1n) is 7.38. The van der Waals surface area contributed by atoms with Crippen LogP contribution in [-0.4, -0.2) is 8.42 Å². The molecule has 2 aromatic rings. The summed E-state index contributed by atoms with van der Waals surface area (Å²) in [6, 6.07) is 5.28. The van der Waals surface area contributed by atoms with E-state index in [4.69, 9.17) is 5.14 Å². The maximum atomic E-state index is 11.7. The Bertz CT molecular complexity index is 953. The van der Waals surface area contributed by atoms with Gasteiger partial charge in [0, 0.05) is 30.8 Å². The number of allylic oxidation sites excluding steroid dienone is 2. The van der Waals surface area contributed by atoms with E-state index < -0.39 is 10.0 Å². The third-order valence-electron chi connectivity index (χ3n) is 4.66. The summed E-state index contributed by atoms with van der Waals surface area (Å²) in [5.74, 6) is 0.552. The highest BCUT2D eigenvalue weighted by molar-refractivity contribution is 9.13. The van der Waals surface area contributed by atoms with E-state index in [2.05, 4.69) is 54.7 Å². The zero-order valence-electron chi connectivity index (χ0n) is 12.4. The van der Waals surface area contributed by atoms with Crippen molar-refractivity contribution < 1.29 is 8.42 Å². The molecule has 8 heteroatoms. The number of hydrogen-bond acceptors (Lipinski definition) is 4. The standard InChI is InChI=1S/C16H14Br2N2O2S2/c17-12-7-23-16(14(12)18)15-10-3-1-2-9(10)11-6-8(24(19,21)22)4-5-13(11)20-15/h1-2,4-7,9-10,15,20H,3H2,(H2,19,21,22). The average Bonchev–Trinajstić information content (AvgIpc) is 3.14. The Morgan fingerprint density at radius 3 is 2.75 bits per heavy atom. The van der Waals surface area contributed by atoms with Crippen LogP contribution in [0.2, 0.25) is 0 Å². The van der Waals surface area contributed by atoms with Crippen LogP contribution < -0.4 is 10.5 Å². The molecule has 0 fully saturated rings. The summed E-state index contributed by atoms with van der Waals surface area (Å²) in [6.07, 6.45) is 5.32. The summed E-state index contributed by atoms with van der Waals surface area (Å²) in [4.78, 5) is 1.42. The Kier molecular flexibility index (Phi) is 4.16. The van der Waals surface area contributed by atoms with E-state index in [0.717, 1.165) is 26.6 Å². The predicted octanol–water partition coefficient (Wildman–Crippen LogP) is 4.75. The molecule has 1 aliphatic heterocycles. The molecule has 126 valence electrons. The number of hydrogen-bond donors (Lipinski definition) is 2. The molecule has 0 bridgehead atoms. The van der Waals surface area contributed by atoms with Gasteiger partial charge in [-0.05, 0) is 68.0 Å². The second kappa shape index (κ2) is 5.95. The average molecular weight is 490 g/mol. The highest BCUT2D eigenvalue weighted by atomic mass is 79.9. The van der Waals surface area contributed by atoms with Crippen molar-refractivity contribution in [2.75, 3.05) is 5.32 Å². The topological polar surface area (TPSA) is 72.2 Å². The van der Waals surface area contributed by atoms with Gasteiger partial charge < -0.3 is 5.32 Å². The van der Waals surface area contributed by atoms with Crippen LogP contribution in [0.5, 0.6) is 0 Å². The summed E-state index contributed by atoms with van der Waals surface area (Å²) in [5.41, 5.74) is 1.97. The molecule has 2 aliphatic rings. The van der Waals surface area contributed by atoms with Crippen LogP contribution in [0.3, 0.4) is 0 Å². The van der Waals surface area contributed by atoms with Crippen molar-refractivity contribution in [1.82, 2.24) is 0 Å². The maximum absolute atomic E-state index is 11.7. The summed E-state index contributed by atoms with van der Waals surface area (Å²) in [6.45, 7) is 0. The van der Waals surface area contributed by atoms with Crippen molar-refractivity contribution >= 4 is 58.9 Å². The van der Waals surface area contributed by atoms with Gasteiger partial charge in [0.2, 0.25) is 10.0 Å². The van der Waals surface area contributed by atoms with Crippen LogP contribution >= 0.6 is 43.2 Å². The quantitative estimate of drug-likeness (QED) is 0.598. The second-order valence-corrected chi connectivity index (χ2v) is 10.2. The van der Waals surface area contributed by atoms with E-state index in [0.29, 0.717) is 5.92 Å². The highest BCUT2D eigenvalue weighted by Gasteiger charge is 2.39. The number of thiophene rings is 1. The molecule has 1 aromatic carbocycles. The molecule has 2 heterocycles. The van der Waals surface area contributed by atoms with Gasteiger partial charge in [0.1, 0.15) is 0 Å². The van der Waals surface area contributed by atoms with Crippen molar-refractivity contribution in [3.8, 4) is 0 Å². The lowest BCUT2D eigenvalue weighted by Gasteiger charge is -2.37. The van der Waals surface area contributed by atoms with Gasteiger partial charge >= 0.3 is 0 Å². The number of nitrogens with one attached hydrogen (secondary N) is 1. The summed E-state index contributed by atoms with van der Waals surface area (Å²) < 4.78 is 25.5. The number of rotatable bonds is 2. The first-order valence-corrected chi connectivity index (χ1v) is 11.4. The minimum absolute atomic E-state index is 0.167. The van der Waals surface area contributed by atoms with Gasteiger partial charge in [-0.2, -0.15) is 0 Å². The molecule has 0 spiro atoms. The molecule has 0 amide bonds. The van der Waals surface area contributed by atoms with Gasteiger partial charge in [0.05, 0.1) is 10.9 Å². The van der Waals surface area contributed by atoms with Gasteiger partial charge in [-0.15, -0.1) is 11.3 Å². The van der Waals surface area contributed by atoms with Gasteiger partial charge in [0.15, 0.2) is 0 Å². The van der Waals surface area contributed by atoms with Crippen LogP contribution in [0.25, 0.3) is 0 Å². The summed E-state index contributed by atoms with van der Waals surface area (Å²) >= 11 is 8.94. The molecule has 3 atom stereocenters. The molecule has 4 nitrogen and oxygen atoms in total. The number of benzene rings is 1. The Hall–Kier alpha value is -0.670. The first-order chi connectivity index (χ1) is 11.4. The third kappa shape index (κ3) is 2.68. The molecule has 1 aliphatic carbocycles. The van der Waals surface area contributed by atoms with Crippen LogP contribution in [0.4, 0.5) is 5.69 Å². The Balaban J connectivity index is 1.82. The van der Waals surface area contributed by atoms with Gasteiger partial charge in [-0.25, -0.2) is 13.6 Å². The molecule has 4 rings (SSSR count). The van der Waals surface area contributed by atoms with Crippen molar-refractivity contribution in [3.63, 3.8) is 0 Å². The third-order valence-corrected chi connectivity index (χ3v) is 9.21. The number of sulfonamides is 1. The Labute approximate surface area is 161 Å². The van der Waals surface area contributed by atoms with Crippen molar-refractivity contribution in [2.45, 2.75) is 23.3 Å². The number of halogens is 2. The lowest BCUT2D eigenvalue weighted by Crippen LogP contribution is -2.29. The lowest BCUT2D eigenvalue weighted by molar-refractivity contribution is 0.428. The Morgan fingerprint density at radius 2 is 2.08 bits per heavy atom. The zero-order valence-corrected chi connectivity index (χ0v) is 17.2. The number of anilines is 1. The minimum atomic E-state index is -3.70. The number of fused-ring (bicyclic) bond motifs is 3. The van der Waals surface area contributed by atoms with Crippen LogP contribution in [0.15, 0.2) is 49.6 Å². The van der Waals surface area contributed by atoms with E-state index in [-0.39, 0.29) is 16.9 Å². The number of nitrogens with two attached hydrogens (primary N) is 1. The van der Waals surface area contributed by atoms with Crippen molar-refractivity contribution in [2.24, 2.45) is 11.1 Å². The van der Waals surface area contributed by atoms with Crippen LogP contribution in [0, 0.1) is 5.92 Å². The van der Waals surface area contributed by atoms with Gasteiger partial charge in [0.25, 0.3) is 0 Å². The van der Waals surface area contributed by atoms with E-state index in [1.165, 1.54) is 4.88 Å². The lowest BCUT2D eigenvalue weighted by atomic mass is 9.79. The molecule has 0 radical (unpaired) electrons. The largest absolute Gasteiger partial charge is 0.377 e. The number of primary sulfonamides is 1. The Morgan fingerprint density at radius 1 is 1.29 bits per heavy atom. The molecular weight excluding hydrogens is 476 g/mol.